The fourth-order valence-electron chi connectivity index (χ4n) is 8.87. The van der Waals surface area contributed by atoms with Gasteiger partial charge in [-0.1, -0.05) is 0 Å². The zero-order valence-corrected chi connectivity index (χ0v) is 36.5. The summed E-state index contributed by atoms with van der Waals surface area (Å²) in [5.74, 6) is 0.565. The van der Waals surface area contributed by atoms with E-state index in [1.165, 1.54) is 91.6 Å². The number of hydrogen-bond acceptors (Lipinski definition) is 0. The number of aryl methyl sites for hydroxylation is 6. The molecule has 0 amide bonds. The van der Waals surface area contributed by atoms with E-state index in [1.807, 2.05) is 0 Å². The van der Waals surface area contributed by atoms with E-state index in [2.05, 4.69) is 150 Å². The first-order valence-electron chi connectivity index (χ1n) is 18.3. The van der Waals surface area contributed by atoms with E-state index in [9.17, 15) is 0 Å². The Balaban J connectivity index is 0.00000281. The predicted octanol–water partition coefficient (Wildman–Crippen LogP) is 6.58. The molecule has 2 aliphatic rings. The van der Waals surface area contributed by atoms with Gasteiger partial charge in [-0.3, -0.25) is 0 Å². The number of hydrogen-bond donors (Lipinski definition) is 0. The number of halogens is 2. The van der Waals surface area contributed by atoms with E-state index in [0.29, 0.717) is 5.92 Å². The van der Waals surface area contributed by atoms with Crippen LogP contribution in [0.25, 0.3) is 33.4 Å². The molecule has 0 fully saturated rings. The molecule has 1 atom stereocenters. The number of fused-ring (bicyclic) bond motifs is 3. The zero-order valence-electron chi connectivity index (χ0n) is 32.5. The molecule has 2 aliphatic carbocycles. The minimum atomic E-state index is -2.57. The average Bonchev–Trinajstić information content (AvgIpc) is 3.57. The third kappa shape index (κ3) is 7.59. The number of allylic oxidation sites excluding steroid dienone is 4. The Labute approximate surface area is 323 Å². The van der Waals surface area contributed by atoms with Gasteiger partial charge in [0.25, 0.3) is 0 Å². The molecule has 0 spiro atoms. The van der Waals surface area contributed by atoms with Crippen molar-refractivity contribution in [1.82, 2.24) is 0 Å². The number of benzene rings is 4. The van der Waals surface area contributed by atoms with Gasteiger partial charge in [-0.2, -0.15) is 0 Å². The zero-order chi connectivity index (χ0) is 34.7. The van der Waals surface area contributed by atoms with E-state index in [1.54, 1.807) is 20.9 Å². The molecule has 3 heteroatoms. The van der Waals surface area contributed by atoms with Crippen molar-refractivity contribution in [3.63, 3.8) is 0 Å². The minimum Gasteiger partial charge on any atom is -1.00 e. The van der Waals surface area contributed by atoms with Crippen molar-refractivity contribution in [2.45, 2.75) is 109 Å². The molecule has 0 N–H and O–H groups in total. The van der Waals surface area contributed by atoms with Crippen LogP contribution in [-0.2, 0) is 27.7 Å². The summed E-state index contributed by atoms with van der Waals surface area (Å²) < 4.78 is 5.23. The van der Waals surface area contributed by atoms with Crippen LogP contribution in [0, 0.1) is 52.9 Å². The van der Waals surface area contributed by atoms with Crippen LogP contribution >= 0.6 is 0 Å². The first-order chi connectivity index (χ1) is 22.7. The Hall–Kier alpha value is -2.31. The Bertz CT molecular complexity index is 2000. The summed E-state index contributed by atoms with van der Waals surface area (Å²) in [6.07, 6.45) is 10.2. The maximum atomic E-state index is 2.70. The van der Waals surface area contributed by atoms with Gasteiger partial charge in [0.15, 0.2) is 0 Å². The molecule has 0 heterocycles. The second-order valence-electron chi connectivity index (χ2n) is 16.2. The first-order valence-corrected chi connectivity index (χ1v) is 22.0. The fourth-order valence-corrected chi connectivity index (χ4v) is 16.9. The second kappa shape index (κ2) is 15.7. The van der Waals surface area contributed by atoms with E-state index in [4.69, 9.17) is 0 Å². The van der Waals surface area contributed by atoms with Crippen LogP contribution in [0.15, 0.2) is 75.6 Å². The van der Waals surface area contributed by atoms with Crippen LogP contribution in [0.1, 0.15) is 105 Å². The summed E-state index contributed by atoms with van der Waals surface area (Å²) >= 11 is -2.57. The van der Waals surface area contributed by atoms with Crippen molar-refractivity contribution >= 4 is 6.48 Å². The Morgan fingerprint density at radius 3 is 1.80 bits per heavy atom. The summed E-state index contributed by atoms with van der Waals surface area (Å²) in [4.78, 5) is 0. The normalized spacial score (nSPS) is 14.5. The summed E-state index contributed by atoms with van der Waals surface area (Å²) in [6.45, 7) is 28.2. The van der Waals surface area contributed by atoms with E-state index >= 15 is 0 Å². The third-order valence-corrected chi connectivity index (χ3v) is 18.6. The number of rotatable bonds is 7. The third-order valence-electron chi connectivity index (χ3n) is 10.9. The van der Waals surface area contributed by atoms with Gasteiger partial charge >= 0.3 is 301 Å². The van der Waals surface area contributed by atoms with Crippen molar-refractivity contribution in [2.75, 3.05) is 0 Å². The van der Waals surface area contributed by atoms with E-state index in [0.717, 1.165) is 6.42 Å². The maximum absolute atomic E-state index is 2.70. The van der Waals surface area contributed by atoms with Gasteiger partial charge in [-0.05, 0) is 0 Å². The van der Waals surface area contributed by atoms with Crippen LogP contribution in [0.3, 0.4) is 0 Å². The van der Waals surface area contributed by atoms with Gasteiger partial charge in [-0.25, -0.2) is 0 Å². The van der Waals surface area contributed by atoms with Crippen molar-refractivity contribution in [3.8, 4) is 33.4 Å². The smallest absolute Gasteiger partial charge is 1.00 e. The number of unbranched alkanes of at least 4 members (excludes halogenated alkanes) is 1. The van der Waals surface area contributed by atoms with Crippen LogP contribution < -0.4 is 28.1 Å². The Kier molecular flexibility index (Phi) is 12.7. The van der Waals surface area contributed by atoms with Gasteiger partial charge in [0, 0.05) is 0 Å². The summed E-state index contributed by atoms with van der Waals surface area (Å²) in [5, 5.41) is 0. The van der Waals surface area contributed by atoms with E-state index < -0.39 is 21.3 Å². The molecule has 0 radical (unpaired) electrons. The van der Waals surface area contributed by atoms with Gasteiger partial charge < -0.3 is 24.8 Å². The molecule has 0 aromatic heterocycles. The van der Waals surface area contributed by atoms with Crippen molar-refractivity contribution in [3.05, 3.63) is 120 Å². The predicted molar refractivity (Wildman–Crippen MR) is 209 cm³/mol. The molecule has 0 aliphatic heterocycles. The standard InChI is InChI=1S/C31H29.C13H21.C3H6.2ClH.Zr/c1-18-11-20(3)30(21(4)12-18)24-7-9-28-26(15-24)17-27-16-25(8-10-29(27)28)31-22(5)13-19(2)14-23(31)6;1-5-6-7-11-8-9-12(10-11)13(2,3)4;1-3-2;;;/h7-15H,17H2,1-6H3;9-11H,5-7H2,1-4H3;1-2H3;2*1H;/q;;;;;+2/p-2. The molecular weight excluding hydrogens is 727 g/mol. The minimum absolute atomic E-state index is 0. The summed E-state index contributed by atoms with van der Waals surface area (Å²) in [7, 11) is 0. The van der Waals surface area contributed by atoms with Crippen LogP contribution in [-0.4, -0.2) is 3.21 Å². The molecule has 0 saturated heterocycles. The largest absolute Gasteiger partial charge is 1.00 e. The molecule has 50 heavy (non-hydrogen) atoms. The van der Waals surface area contributed by atoms with Gasteiger partial charge in [0.1, 0.15) is 0 Å². The van der Waals surface area contributed by atoms with Crippen molar-refractivity contribution < 1.29 is 46.1 Å². The molecule has 4 aromatic carbocycles. The quantitative estimate of drug-likeness (QED) is 0.175. The molecule has 0 saturated carbocycles. The Morgan fingerprint density at radius 2 is 1.26 bits per heavy atom. The van der Waals surface area contributed by atoms with Crippen LogP contribution in [0.2, 0.25) is 0 Å². The summed E-state index contributed by atoms with van der Waals surface area (Å²) in [5.41, 5.74) is 21.7. The molecule has 0 bridgehead atoms. The van der Waals surface area contributed by atoms with Gasteiger partial charge in [0.05, 0.1) is 0 Å². The maximum Gasteiger partial charge on any atom is -1.00 e. The van der Waals surface area contributed by atoms with Gasteiger partial charge in [0.2, 0.25) is 0 Å². The monoisotopic (exact) mass is 780 g/mol. The first kappa shape index (κ1) is 40.5. The molecule has 0 nitrogen and oxygen atoms in total. The molecule has 1 unspecified atom stereocenters. The SMILES string of the molecule is CCCCC1C=C(C(C)(C)C)C=[C]1[Zr+2](=[C](C)C)[c]1c(-c2c(C)cc(C)cc2C)ccc2c1Cc1cc(-c3c(C)cc(C)cc3C)ccc1-2.[Cl-].[Cl-]. The van der Waals surface area contributed by atoms with Crippen LogP contribution in [0.5, 0.6) is 0 Å². The van der Waals surface area contributed by atoms with Gasteiger partial charge in [-0.15, -0.1) is 0 Å². The Morgan fingerprint density at radius 1 is 0.720 bits per heavy atom. The summed E-state index contributed by atoms with van der Waals surface area (Å²) in [6, 6.07) is 21.8. The topological polar surface area (TPSA) is 0 Å². The molecular formula is C47H56Cl2Zr. The molecule has 4 aromatic rings. The molecule has 6 rings (SSSR count). The second-order valence-corrected chi connectivity index (χ2v) is 23.2. The van der Waals surface area contributed by atoms with Crippen molar-refractivity contribution in [1.29, 1.82) is 0 Å². The van der Waals surface area contributed by atoms with Crippen LogP contribution in [0.4, 0.5) is 0 Å². The fraction of sp³-hybridized carbons (Fsp3) is 0.383. The van der Waals surface area contributed by atoms with E-state index in [-0.39, 0.29) is 30.2 Å². The average molecular weight is 783 g/mol. The van der Waals surface area contributed by atoms with Crippen molar-refractivity contribution in [2.24, 2.45) is 11.3 Å². The molecule has 262 valence electrons.